The second-order valence-electron chi connectivity index (χ2n) is 6.49. The van der Waals surface area contributed by atoms with Crippen LogP contribution in [0.5, 0.6) is 0 Å². The van der Waals surface area contributed by atoms with Crippen LogP contribution in [0, 0.1) is 0 Å². The lowest BCUT2D eigenvalue weighted by atomic mass is 10.3. The Labute approximate surface area is 193 Å². The van der Waals surface area contributed by atoms with Crippen LogP contribution in [0.2, 0.25) is 5.02 Å². The lowest BCUT2D eigenvalue weighted by Gasteiger charge is -2.20. The number of guanidine groups is 1. The van der Waals surface area contributed by atoms with E-state index in [1.165, 1.54) is 0 Å². The number of benzene rings is 1. The molecule has 7 nitrogen and oxygen atoms in total. The Morgan fingerprint density at radius 1 is 1.28 bits per heavy atom. The summed E-state index contributed by atoms with van der Waals surface area (Å²) in [6, 6.07) is 13.2. The van der Waals surface area contributed by atoms with E-state index in [4.69, 9.17) is 11.6 Å². The number of anilines is 2. The van der Waals surface area contributed by atoms with Gasteiger partial charge in [0.05, 0.1) is 5.02 Å². The van der Waals surface area contributed by atoms with Crippen molar-refractivity contribution in [3.05, 3.63) is 53.7 Å². The summed E-state index contributed by atoms with van der Waals surface area (Å²) in [5.74, 6) is 1.28. The van der Waals surface area contributed by atoms with E-state index in [9.17, 15) is 4.79 Å². The standard InChI is InChI=1S/C20H25ClN6O.HI/c1-2-22-20(24-13-18(28)25-15-7-4-3-5-8-15)26-16-10-12-27(14-16)19-17(21)9-6-11-23-19;/h3-9,11,16H,2,10,12-14H2,1H3,(H,25,28)(H2,22,24,26);1H. The lowest BCUT2D eigenvalue weighted by molar-refractivity contribution is -0.114. The van der Waals surface area contributed by atoms with E-state index >= 15 is 0 Å². The zero-order valence-electron chi connectivity index (χ0n) is 16.3. The maximum atomic E-state index is 12.1. The molecule has 1 saturated heterocycles. The molecule has 1 unspecified atom stereocenters. The molecule has 0 saturated carbocycles. The number of halogens is 2. The second kappa shape index (κ2) is 11.8. The Morgan fingerprint density at radius 2 is 2.07 bits per heavy atom. The number of hydrogen-bond donors (Lipinski definition) is 3. The lowest BCUT2D eigenvalue weighted by Crippen LogP contribution is -2.45. The highest BCUT2D eigenvalue weighted by atomic mass is 127. The van der Waals surface area contributed by atoms with Crippen LogP contribution in [-0.2, 0) is 4.79 Å². The van der Waals surface area contributed by atoms with Crippen molar-refractivity contribution < 1.29 is 4.79 Å². The van der Waals surface area contributed by atoms with Gasteiger partial charge in [-0.15, -0.1) is 24.0 Å². The highest BCUT2D eigenvalue weighted by Gasteiger charge is 2.25. The largest absolute Gasteiger partial charge is 0.357 e. The minimum Gasteiger partial charge on any atom is -0.357 e. The number of aromatic nitrogens is 1. The van der Waals surface area contributed by atoms with Gasteiger partial charge in [-0.3, -0.25) is 4.79 Å². The summed E-state index contributed by atoms with van der Waals surface area (Å²) < 4.78 is 0. The molecule has 1 atom stereocenters. The smallest absolute Gasteiger partial charge is 0.246 e. The monoisotopic (exact) mass is 528 g/mol. The van der Waals surface area contributed by atoms with Gasteiger partial charge in [-0.05, 0) is 37.6 Å². The topological polar surface area (TPSA) is 81.6 Å². The van der Waals surface area contributed by atoms with Crippen LogP contribution in [0.15, 0.2) is 53.7 Å². The number of pyridine rings is 1. The fourth-order valence-corrected chi connectivity index (χ4v) is 3.31. The number of amides is 1. The van der Waals surface area contributed by atoms with E-state index in [-0.39, 0.29) is 42.5 Å². The molecule has 1 aliphatic heterocycles. The third kappa shape index (κ3) is 7.04. The molecule has 0 bridgehead atoms. The van der Waals surface area contributed by atoms with Gasteiger partial charge < -0.3 is 20.9 Å². The minimum atomic E-state index is -0.156. The summed E-state index contributed by atoms with van der Waals surface area (Å²) in [5, 5.41) is 10.1. The molecule has 1 aliphatic rings. The number of carbonyl (C=O) groups is 1. The van der Waals surface area contributed by atoms with Crippen LogP contribution >= 0.6 is 35.6 Å². The Balaban J connectivity index is 0.00000300. The molecule has 9 heteroatoms. The van der Waals surface area contributed by atoms with Crippen LogP contribution in [0.1, 0.15) is 13.3 Å². The fourth-order valence-electron chi connectivity index (χ4n) is 3.07. The molecule has 1 aromatic heterocycles. The number of nitrogens with zero attached hydrogens (tertiary/aromatic N) is 3. The van der Waals surface area contributed by atoms with Crippen LogP contribution in [0.25, 0.3) is 0 Å². The van der Waals surface area contributed by atoms with Gasteiger partial charge in [-0.2, -0.15) is 0 Å². The quantitative estimate of drug-likeness (QED) is 0.305. The third-order valence-electron chi connectivity index (χ3n) is 4.35. The minimum absolute atomic E-state index is 0. The van der Waals surface area contributed by atoms with Crippen molar-refractivity contribution in [1.29, 1.82) is 0 Å². The Hall–Kier alpha value is -2.07. The number of aliphatic imine (C=N–C) groups is 1. The Morgan fingerprint density at radius 3 is 2.79 bits per heavy atom. The molecule has 2 heterocycles. The SMILES string of the molecule is CCNC(=NCC(=O)Nc1ccccc1)NC1CCN(c2ncccc2Cl)C1.I. The average molecular weight is 529 g/mol. The van der Waals surface area contributed by atoms with Gasteiger partial charge >= 0.3 is 0 Å². The van der Waals surface area contributed by atoms with E-state index in [2.05, 4.69) is 30.8 Å². The van der Waals surface area contributed by atoms with Gasteiger partial charge in [-0.25, -0.2) is 9.98 Å². The molecule has 0 aliphatic carbocycles. The Bertz CT molecular complexity index is 820. The predicted molar refractivity (Wildman–Crippen MR) is 129 cm³/mol. The fraction of sp³-hybridized carbons (Fsp3) is 0.350. The third-order valence-corrected chi connectivity index (χ3v) is 4.65. The summed E-state index contributed by atoms with van der Waals surface area (Å²) in [5.41, 5.74) is 0.763. The molecule has 1 amide bonds. The van der Waals surface area contributed by atoms with Gasteiger partial charge in [-0.1, -0.05) is 29.8 Å². The van der Waals surface area contributed by atoms with E-state index in [1.54, 1.807) is 6.20 Å². The molecule has 1 fully saturated rings. The first-order valence-corrected chi connectivity index (χ1v) is 9.78. The molecular formula is C20H26ClIN6O. The van der Waals surface area contributed by atoms with Crippen LogP contribution < -0.4 is 20.9 Å². The summed E-state index contributed by atoms with van der Waals surface area (Å²) in [7, 11) is 0. The zero-order chi connectivity index (χ0) is 19.8. The molecule has 3 rings (SSSR count). The average Bonchev–Trinajstić information content (AvgIpc) is 3.16. The number of para-hydroxylation sites is 1. The van der Waals surface area contributed by atoms with E-state index in [0.717, 1.165) is 31.0 Å². The number of nitrogens with one attached hydrogen (secondary N) is 3. The highest BCUT2D eigenvalue weighted by Crippen LogP contribution is 2.25. The molecule has 29 heavy (non-hydrogen) atoms. The molecule has 3 N–H and O–H groups in total. The zero-order valence-corrected chi connectivity index (χ0v) is 19.4. The first kappa shape index (κ1) is 23.2. The van der Waals surface area contributed by atoms with Gasteiger partial charge in [0.25, 0.3) is 0 Å². The van der Waals surface area contributed by atoms with Crippen molar-refractivity contribution in [3.63, 3.8) is 0 Å². The first-order chi connectivity index (χ1) is 13.7. The van der Waals surface area contributed by atoms with Gasteiger partial charge in [0, 0.05) is 37.6 Å². The molecular weight excluding hydrogens is 503 g/mol. The van der Waals surface area contributed by atoms with Gasteiger partial charge in [0.1, 0.15) is 12.4 Å². The van der Waals surface area contributed by atoms with Crippen LogP contribution in [0.4, 0.5) is 11.5 Å². The molecule has 2 aromatic rings. The number of rotatable bonds is 6. The van der Waals surface area contributed by atoms with Crippen molar-refractivity contribution in [2.24, 2.45) is 4.99 Å². The summed E-state index contributed by atoms with van der Waals surface area (Å²) in [6.45, 7) is 4.40. The maximum absolute atomic E-state index is 12.1. The van der Waals surface area contributed by atoms with Crippen molar-refractivity contribution in [2.75, 3.05) is 36.4 Å². The maximum Gasteiger partial charge on any atom is 0.246 e. The van der Waals surface area contributed by atoms with Gasteiger partial charge in [0.15, 0.2) is 5.96 Å². The summed E-state index contributed by atoms with van der Waals surface area (Å²) >= 11 is 6.25. The van der Waals surface area contributed by atoms with E-state index in [1.807, 2.05) is 49.4 Å². The Kier molecular flexibility index (Phi) is 9.46. The van der Waals surface area contributed by atoms with E-state index in [0.29, 0.717) is 17.5 Å². The number of carbonyl (C=O) groups excluding carboxylic acids is 1. The predicted octanol–water partition coefficient (Wildman–Crippen LogP) is 3.13. The molecule has 1 aromatic carbocycles. The van der Waals surface area contributed by atoms with Crippen molar-refractivity contribution in [1.82, 2.24) is 15.6 Å². The van der Waals surface area contributed by atoms with Crippen LogP contribution in [0.3, 0.4) is 0 Å². The molecule has 0 spiro atoms. The van der Waals surface area contributed by atoms with Crippen molar-refractivity contribution in [2.45, 2.75) is 19.4 Å². The van der Waals surface area contributed by atoms with E-state index < -0.39 is 0 Å². The first-order valence-electron chi connectivity index (χ1n) is 9.41. The highest BCUT2D eigenvalue weighted by molar-refractivity contribution is 14.0. The van der Waals surface area contributed by atoms with Crippen molar-refractivity contribution >= 4 is 58.9 Å². The number of hydrogen-bond acceptors (Lipinski definition) is 4. The van der Waals surface area contributed by atoms with Gasteiger partial charge in [0.2, 0.25) is 5.91 Å². The normalized spacial score (nSPS) is 16.1. The van der Waals surface area contributed by atoms with Crippen LogP contribution in [-0.4, -0.2) is 49.1 Å². The summed E-state index contributed by atoms with van der Waals surface area (Å²) in [6.07, 6.45) is 2.69. The molecule has 0 radical (unpaired) electrons. The second-order valence-corrected chi connectivity index (χ2v) is 6.90. The molecule has 156 valence electrons. The van der Waals surface area contributed by atoms with Crippen molar-refractivity contribution in [3.8, 4) is 0 Å². The summed E-state index contributed by atoms with van der Waals surface area (Å²) in [4.78, 5) is 23.1.